The second kappa shape index (κ2) is 8.80. The number of nitrogens with zero attached hydrogens (tertiary/aromatic N) is 2. The summed E-state index contributed by atoms with van der Waals surface area (Å²) < 4.78 is 0. The van der Waals surface area contributed by atoms with Crippen molar-refractivity contribution < 1.29 is 4.79 Å². The minimum atomic E-state index is -0.315. The van der Waals surface area contributed by atoms with Gasteiger partial charge in [-0.05, 0) is 43.2 Å². The van der Waals surface area contributed by atoms with E-state index in [1.165, 1.54) is 0 Å². The Bertz CT molecular complexity index is 1030. The Morgan fingerprint density at radius 1 is 1.25 bits per heavy atom. The fraction of sp³-hybridized carbons (Fsp3) is 0.238. The van der Waals surface area contributed by atoms with E-state index < -0.39 is 0 Å². The maximum absolute atomic E-state index is 12.6. The number of H-pyrrole nitrogens is 1. The molecule has 0 fully saturated rings. The van der Waals surface area contributed by atoms with Crippen molar-refractivity contribution >= 4 is 17.5 Å². The summed E-state index contributed by atoms with van der Waals surface area (Å²) in [5, 5.41) is 3.59. The molecule has 28 heavy (non-hydrogen) atoms. The molecular weight excluding hydrogens is 376 g/mol. The van der Waals surface area contributed by atoms with Gasteiger partial charge in [0.05, 0.1) is 12.5 Å². The number of amides is 1. The van der Waals surface area contributed by atoms with Gasteiger partial charge in [0.15, 0.2) is 0 Å². The molecular formula is C21H21ClN4O2. The topological polar surface area (TPSA) is 87.7 Å². The largest absolute Gasteiger partial charge is 0.349 e. The maximum atomic E-state index is 12.6. The van der Waals surface area contributed by atoms with Crippen LogP contribution in [0.4, 0.5) is 0 Å². The van der Waals surface area contributed by atoms with Gasteiger partial charge in [0.25, 0.3) is 5.56 Å². The van der Waals surface area contributed by atoms with E-state index in [0.717, 1.165) is 11.1 Å². The highest BCUT2D eigenvalue weighted by Crippen LogP contribution is 2.20. The highest BCUT2D eigenvalue weighted by Gasteiger charge is 2.17. The van der Waals surface area contributed by atoms with Crippen LogP contribution in [0.25, 0.3) is 11.4 Å². The van der Waals surface area contributed by atoms with Crippen LogP contribution < -0.4 is 10.9 Å². The van der Waals surface area contributed by atoms with E-state index in [-0.39, 0.29) is 23.9 Å². The molecule has 0 unspecified atom stereocenters. The summed E-state index contributed by atoms with van der Waals surface area (Å²) in [7, 11) is 0. The van der Waals surface area contributed by atoms with Gasteiger partial charge in [0, 0.05) is 34.2 Å². The van der Waals surface area contributed by atoms with E-state index in [2.05, 4.69) is 20.3 Å². The van der Waals surface area contributed by atoms with Gasteiger partial charge < -0.3 is 10.3 Å². The molecule has 2 heterocycles. The lowest BCUT2D eigenvalue weighted by molar-refractivity contribution is -0.121. The number of nitrogens with one attached hydrogen (secondary N) is 2. The molecule has 0 saturated heterocycles. The smallest absolute Gasteiger partial charge is 0.255 e. The lowest BCUT2D eigenvalue weighted by Crippen LogP contribution is -2.32. The Balaban J connectivity index is 1.77. The summed E-state index contributed by atoms with van der Waals surface area (Å²) in [4.78, 5) is 36.3. The molecule has 1 atom stereocenters. The zero-order valence-corrected chi connectivity index (χ0v) is 16.5. The monoisotopic (exact) mass is 396 g/mol. The van der Waals surface area contributed by atoms with Gasteiger partial charge in [-0.15, -0.1) is 0 Å². The van der Waals surface area contributed by atoms with Crippen molar-refractivity contribution in [1.29, 1.82) is 0 Å². The SMILES string of the molecule is CC[C@@H](NC(=O)Cc1c(C)nc(-c2ccncc2)[nH]c1=O)c1cccc(Cl)c1. The van der Waals surface area contributed by atoms with Crippen LogP contribution in [0.3, 0.4) is 0 Å². The minimum Gasteiger partial charge on any atom is -0.349 e. The Kier molecular flexibility index (Phi) is 6.21. The Hall–Kier alpha value is -2.99. The minimum absolute atomic E-state index is 0.0398. The molecule has 3 aromatic rings. The molecule has 3 rings (SSSR count). The fourth-order valence-electron chi connectivity index (χ4n) is 3.02. The number of hydrogen-bond acceptors (Lipinski definition) is 4. The van der Waals surface area contributed by atoms with Crippen molar-refractivity contribution in [3.8, 4) is 11.4 Å². The van der Waals surface area contributed by atoms with E-state index in [0.29, 0.717) is 28.5 Å². The van der Waals surface area contributed by atoms with Crippen molar-refractivity contribution in [2.24, 2.45) is 0 Å². The van der Waals surface area contributed by atoms with Gasteiger partial charge in [-0.2, -0.15) is 0 Å². The van der Waals surface area contributed by atoms with E-state index in [1.54, 1.807) is 37.5 Å². The third-order valence-electron chi connectivity index (χ3n) is 4.51. The number of hydrogen-bond donors (Lipinski definition) is 2. The number of halogens is 1. The molecule has 2 aromatic heterocycles. The average Bonchev–Trinajstić information content (AvgIpc) is 2.69. The number of pyridine rings is 1. The van der Waals surface area contributed by atoms with Crippen molar-refractivity contribution in [2.75, 3.05) is 0 Å². The second-order valence-corrected chi connectivity index (χ2v) is 6.91. The quantitative estimate of drug-likeness (QED) is 0.666. The van der Waals surface area contributed by atoms with Crippen molar-refractivity contribution in [3.63, 3.8) is 0 Å². The summed E-state index contributed by atoms with van der Waals surface area (Å²) in [6, 6.07) is 10.8. The molecule has 0 aliphatic rings. The Morgan fingerprint density at radius 3 is 2.64 bits per heavy atom. The van der Waals surface area contributed by atoms with Gasteiger partial charge in [-0.25, -0.2) is 4.98 Å². The van der Waals surface area contributed by atoms with Crippen molar-refractivity contribution in [1.82, 2.24) is 20.3 Å². The maximum Gasteiger partial charge on any atom is 0.255 e. The molecule has 0 aliphatic carbocycles. The van der Waals surface area contributed by atoms with Crippen LogP contribution >= 0.6 is 11.6 Å². The van der Waals surface area contributed by atoms with Crippen LogP contribution in [0.1, 0.15) is 36.2 Å². The van der Waals surface area contributed by atoms with Gasteiger partial charge >= 0.3 is 0 Å². The first-order valence-corrected chi connectivity index (χ1v) is 9.40. The number of carbonyl (C=O) groups excluding carboxylic acids is 1. The first-order valence-electron chi connectivity index (χ1n) is 9.03. The van der Waals surface area contributed by atoms with Crippen LogP contribution in [-0.4, -0.2) is 20.9 Å². The van der Waals surface area contributed by atoms with E-state index >= 15 is 0 Å². The van der Waals surface area contributed by atoms with Crippen molar-refractivity contribution in [3.05, 3.63) is 81.0 Å². The molecule has 1 amide bonds. The molecule has 0 aliphatic heterocycles. The third-order valence-corrected chi connectivity index (χ3v) is 4.74. The van der Waals surface area contributed by atoms with Crippen LogP contribution in [0.15, 0.2) is 53.6 Å². The van der Waals surface area contributed by atoms with Crippen molar-refractivity contribution in [2.45, 2.75) is 32.7 Å². The number of aromatic nitrogens is 3. The highest BCUT2D eigenvalue weighted by atomic mass is 35.5. The fourth-order valence-corrected chi connectivity index (χ4v) is 3.21. The van der Waals surface area contributed by atoms with Crippen LogP contribution in [0.5, 0.6) is 0 Å². The van der Waals surface area contributed by atoms with Crippen LogP contribution in [0, 0.1) is 6.92 Å². The predicted molar refractivity (Wildman–Crippen MR) is 109 cm³/mol. The standard InChI is InChI=1S/C21H21ClN4O2/c1-3-18(15-5-4-6-16(22)11-15)25-19(27)12-17-13(2)24-20(26-21(17)28)14-7-9-23-10-8-14/h4-11,18H,3,12H2,1-2H3,(H,25,27)(H,24,26,28)/t18-/m1/s1. The number of carbonyl (C=O) groups is 1. The normalized spacial score (nSPS) is 11.8. The molecule has 2 N–H and O–H groups in total. The van der Waals surface area contributed by atoms with Gasteiger partial charge in [-0.3, -0.25) is 14.6 Å². The number of aromatic amines is 1. The van der Waals surface area contributed by atoms with Gasteiger partial charge in [0.1, 0.15) is 5.82 Å². The molecule has 0 bridgehead atoms. The summed E-state index contributed by atoms with van der Waals surface area (Å²) >= 11 is 6.05. The van der Waals surface area contributed by atoms with E-state index in [4.69, 9.17) is 11.6 Å². The lowest BCUT2D eigenvalue weighted by atomic mass is 10.0. The summed E-state index contributed by atoms with van der Waals surface area (Å²) in [5.74, 6) is 0.221. The first kappa shape index (κ1) is 19.8. The summed E-state index contributed by atoms with van der Waals surface area (Å²) in [6.45, 7) is 3.71. The van der Waals surface area contributed by atoms with Crippen LogP contribution in [-0.2, 0) is 11.2 Å². The molecule has 6 nitrogen and oxygen atoms in total. The molecule has 0 radical (unpaired) electrons. The number of rotatable bonds is 6. The van der Waals surface area contributed by atoms with E-state index in [9.17, 15) is 9.59 Å². The first-order chi connectivity index (χ1) is 13.5. The zero-order valence-electron chi connectivity index (χ0n) is 15.7. The predicted octanol–water partition coefficient (Wildman–Crippen LogP) is 3.60. The molecule has 0 saturated carbocycles. The second-order valence-electron chi connectivity index (χ2n) is 6.47. The lowest BCUT2D eigenvalue weighted by Gasteiger charge is -2.18. The number of benzene rings is 1. The van der Waals surface area contributed by atoms with Gasteiger partial charge in [0.2, 0.25) is 5.91 Å². The third kappa shape index (κ3) is 4.64. The summed E-state index contributed by atoms with van der Waals surface area (Å²) in [5.41, 5.74) is 2.27. The van der Waals surface area contributed by atoms with Crippen LogP contribution in [0.2, 0.25) is 5.02 Å². The summed E-state index contributed by atoms with van der Waals surface area (Å²) in [6.07, 6.45) is 3.93. The Morgan fingerprint density at radius 2 is 2.00 bits per heavy atom. The highest BCUT2D eigenvalue weighted by molar-refractivity contribution is 6.30. The molecule has 1 aromatic carbocycles. The molecule has 7 heteroatoms. The average molecular weight is 397 g/mol. The Labute approximate surface area is 168 Å². The van der Waals surface area contributed by atoms with Gasteiger partial charge in [-0.1, -0.05) is 30.7 Å². The van der Waals surface area contributed by atoms with E-state index in [1.807, 2.05) is 25.1 Å². The number of aryl methyl sites for hydroxylation is 1. The zero-order chi connectivity index (χ0) is 20.1. The molecule has 144 valence electrons. The molecule has 0 spiro atoms.